The van der Waals surface area contributed by atoms with Gasteiger partial charge >= 0.3 is 11.9 Å². The van der Waals surface area contributed by atoms with E-state index in [0.29, 0.717) is 22.1 Å². The van der Waals surface area contributed by atoms with Crippen LogP contribution < -0.4 is 0 Å². The van der Waals surface area contributed by atoms with Crippen molar-refractivity contribution in [3.05, 3.63) is 71.2 Å². The Labute approximate surface area is 149 Å². The maximum absolute atomic E-state index is 13.2. The summed E-state index contributed by atoms with van der Waals surface area (Å²) in [7, 11) is 0. The van der Waals surface area contributed by atoms with Crippen LogP contribution in [-0.4, -0.2) is 18.5 Å². The molecule has 0 fully saturated rings. The molecule has 0 bridgehead atoms. The fourth-order valence-electron chi connectivity index (χ4n) is 2.62. The average Bonchev–Trinajstić information content (AvgIpc) is 2.99. The quantitative estimate of drug-likeness (QED) is 0.624. The van der Waals surface area contributed by atoms with E-state index in [2.05, 4.69) is 0 Å². The number of hydrogen-bond acceptors (Lipinski definition) is 5. The highest BCUT2D eigenvalue weighted by Crippen LogP contribution is 2.27. The van der Waals surface area contributed by atoms with Gasteiger partial charge in [-0.2, -0.15) is 0 Å². The molecule has 1 aromatic heterocycles. The molecular formula is C20H17FO5. The van der Waals surface area contributed by atoms with E-state index in [1.165, 1.54) is 18.2 Å². The zero-order valence-electron chi connectivity index (χ0n) is 14.2. The molecule has 1 heterocycles. The summed E-state index contributed by atoms with van der Waals surface area (Å²) in [6.45, 7) is 1.76. The summed E-state index contributed by atoms with van der Waals surface area (Å²) in [5, 5.41) is 0.675. The minimum absolute atomic E-state index is 0.0200. The van der Waals surface area contributed by atoms with E-state index in [0.717, 1.165) is 0 Å². The molecule has 6 heteroatoms. The van der Waals surface area contributed by atoms with Crippen LogP contribution in [0.15, 0.2) is 52.9 Å². The predicted molar refractivity (Wildman–Crippen MR) is 92.1 cm³/mol. The van der Waals surface area contributed by atoms with Crippen molar-refractivity contribution in [3.8, 4) is 0 Å². The van der Waals surface area contributed by atoms with E-state index in [4.69, 9.17) is 13.9 Å². The van der Waals surface area contributed by atoms with Crippen LogP contribution in [0.4, 0.5) is 4.39 Å². The Morgan fingerprint density at radius 2 is 1.88 bits per heavy atom. The van der Waals surface area contributed by atoms with Crippen molar-refractivity contribution in [1.29, 1.82) is 0 Å². The number of furan rings is 1. The molecule has 0 N–H and O–H groups in total. The summed E-state index contributed by atoms with van der Waals surface area (Å²) in [4.78, 5) is 24.2. The third kappa shape index (κ3) is 3.91. The van der Waals surface area contributed by atoms with Crippen molar-refractivity contribution in [2.24, 2.45) is 0 Å². The zero-order valence-corrected chi connectivity index (χ0v) is 14.2. The first-order valence-electron chi connectivity index (χ1n) is 8.16. The maximum Gasteiger partial charge on any atom is 0.374 e. The van der Waals surface area contributed by atoms with Crippen LogP contribution in [0.5, 0.6) is 0 Å². The molecule has 0 amide bonds. The summed E-state index contributed by atoms with van der Waals surface area (Å²) in [6.07, 6.45) is -0.0672. The molecular weight excluding hydrogens is 339 g/mol. The minimum atomic E-state index is -0.611. The number of carbonyl (C=O) groups excluding carboxylic acids is 2. The molecule has 0 aliphatic heterocycles. The third-order valence-electron chi connectivity index (χ3n) is 3.77. The SMILES string of the molecule is CCOC(=O)c1oc2ccccc2c1COC(=O)Cc1cccc(F)c1. The van der Waals surface area contributed by atoms with E-state index in [9.17, 15) is 14.0 Å². The lowest BCUT2D eigenvalue weighted by atomic mass is 10.1. The Morgan fingerprint density at radius 1 is 1.08 bits per heavy atom. The standard InChI is InChI=1S/C20H17FO5/c1-2-24-20(23)19-16(15-8-3-4-9-17(15)26-19)12-25-18(22)11-13-6-5-7-14(21)10-13/h3-10H,2,11-12H2,1H3. The number of carbonyl (C=O) groups is 2. The highest BCUT2D eigenvalue weighted by Gasteiger charge is 2.22. The van der Waals surface area contributed by atoms with Gasteiger partial charge in [-0.1, -0.05) is 30.3 Å². The van der Waals surface area contributed by atoms with E-state index < -0.39 is 17.8 Å². The normalized spacial score (nSPS) is 10.7. The van der Waals surface area contributed by atoms with Gasteiger partial charge in [0.15, 0.2) is 0 Å². The smallest absolute Gasteiger partial charge is 0.374 e. The fraction of sp³-hybridized carbons (Fsp3) is 0.200. The Hall–Kier alpha value is -3.15. The van der Waals surface area contributed by atoms with Crippen molar-refractivity contribution in [2.75, 3.05) is 6.61 Å². The number of fused-ring (bicyclic) bond motifs is 1. The molecule has 0 aliphatic rings. The molecule has 0 saturated carbocycles. The fourth-order valence-corrected chi connectivity index (χ4v) is 2.62. The van der Waals surface area contributed by atoms with E-state index in [1.54, 1.807) is 37.3 Å². The van der Waals surface area contributed by atoms with E-state index >= 15 is 0 Å². The van der Waals surface area contributed by atoms with Crippen molar-refractivity contribution in [3.63, 3.8) is 0 Å². The van der Waals surface area contributed by atoms with Gasteiger partial charge in [-0.3, -0.25) is 4.79 Å². The molecule has 0 unspecified atom stereocenters. The number of halogens is 1. The van der Waals surface area contributed by atoms with Gasteiger partial charge in [0.2, 0.25) is 5.76 Å². The Morgan fingerprint density at radius 3 is 2.65 bits per heavy atom. The summed E-state index contributed by atoms with van der Waals surface area (Å²) in [5.74, 6) is -1.54. The van der Waals surface area contributed by atoms with Crippen molar-refractivity contribution in [1.82, 2.24) is 0 Å². The van der Waals surface area contributed by atoms with E-state index in [-0.39, 0.29) is 25.4 Å². The number of esters is 2. The Bertz CT molecular complexity index is 944. The van der Waals surface area contributed by atoms with Gasteiger partial charge in [-0.25, -0.2) is 9.18 Å². The van der Waals surface area contributed by atoms with Crippen LogP contribution >= 0.6 is 0 Å². The molecule has 3 aromatic rings. The molecule has 0 atom stereocenters. The molecule has 134 valence electrons. The lowest BCUT2D eigenvalue weighted by Crippen LogP contribution is -2.11. The van der Waals surface area contributed by atoms with E-state index in [1.807, 2.05) is 0 Å². The maximum atomic E-state index is 13.2. The molecule has 2 aromatic carbocycles. The Balaban J connectivity index is 1.78. The lowest BCUT2D eigenvalue weighted by molar-refractivity contribution is -0.144. The zero-order chi connectivity index (χ0) is 18.5. The van der Waals surface area contributed by atoms with Gasteiger partial charge in [0.25, 0.3) is 0 Å². The van der Waals surface area contributed by atoms with Crippen LogP contribution in [0.2, 0.25) is 0 Å². The molecule has 26 heavy (non-hydrogen) atoms. The minimum Gasteiger partial charge on any atom is -0.460 e. The number of rotatable bonds is 6. The second-order valence-corrected chi connectivity index (χ2v) is 5.59. The number of para-hydroxylation sites is 1. The second kappa shape index (κ2) is 7.82. The molecule has 0 radical (unpaired) electrons. The topological polar surface area (TPSA) is 65.7 Å². The van der Waals surface area contributed by atoms with Crippen molar-refractivity contribution >= 4 is 22.9 Å². The summed E-state index contributed by atoms with van der Waals surface area (Å²) < 4.78 is 29.0. The monoisotopic (exact) mass is 356 g/mol. The number of benzene rings is 2. The summed E-state index contributed by atoms with van der Waals surface area (Å²) in [5.41, 5.74) is 1.47. The number of ether oxygens (including phenoxy) is 2. The first-order valence-corrected chi connectivity index (χ1v) is 8.16. The van der Waals surface area contributed by atoms with Gasteiger partial charge in [0, 0.05) is 5.39 Å². The first-order chi connectivity index (χ1) is 12.6. The lowest BCUT2D eigenvalue weighted by Gasteiger charge is -2.06. The summed E-state index contributed by atoms with van der Waals surface area (Å²) >= 11 is 0. The molecule has 0 aliphatic carbocycles. The van der Waals surface area contributed by atoms with Crippen molar-refractivity contribution < 1.29 is 27.9 Å². The van der Waals surface area contributed by atoms with Gasteiger partial charge in [-0.05, 0) is 30.7 Å². The summed E-state index contributed by atoms with van der Waals surface area (Å²) in [6, 6.07) is 12.8. The second-order valence-electron chi connectivity index (χ2n) is 5.59. The first kappa shape index (κ1) is 17.7. The molecule has 0 spiro atoms. The van der Waals surface area contributed by atoms with Gasteiger partial charge in [-0.15, -0.1) is 0 Å². The van der Waals surface area contributed by atoms with Gasteiger partial charge < -0.3 is 13.9 Å². The van der Waals surface area contributed by atoms with Crippen molar-refractivity contribution in [2.45, 2.75) is 20.0 Å². The highest BCUT2D eigenvalue weighted by molar-refractivity contribution is 5.96. The third-order valence-corrected chi connectivity index (χ3v) is 3.77. The molecule has 0 saturated heterocycles. The molecule has 3 rings (SSSR count). The van der Waals surface area contributed by atoms with Crippen LogP contribution in [-0.2, 0) is 27.3 Å². The number of hydrogen-bond donors (Lipinski definition) is 0. The van der Waals surface area contributed by atoms with Gasteiger partial charge in [0.1, 0.15) is 18.0 Å². The average molecular weight is 356 g/mol. The largest absolute Gasteiger partial charge is 0.460 e. The molecule has 5 nitrogen and oxygen atoms in total. The van der Waals surface area contributed by atoms with Crippen LogP contribution in [0, 0.1) is 5.82 Å². The van der Waals surface area contributed by atoms with Crippen LogP contribution in [0.1, 0.15) is 28.6 Å². The highest BCUT2D eigenvalue weighted by atomic mass is 19.1. The van der Waals surface area contributed by atoms with Gasteiger partial charge in [0.05, 0.1) is 18.6 Å². The van der Waals surface area contributed by atoms with Crippen LogP contribution in [0.25, 0.3) is 11.0 Å². The predicted octanol–water partition coefficient (Wildman–Crippen LogP) is 4.03. The van der Waals surface area contributed by atoms with Crippen LogP contribution in [0.3, 0.4) is 0 Å². The Kier molecular flexibility index (Phi) is 5.31.